The summed E-state index contributed by atoms with van der Waals surface area (Å²) in [6.07, 6.45) is 0.731. The summed E-state index contributed by atoms with van der Waals surface area (Å²) in [5.41, 5.74) is 0. The number of thiocarbonyl (C=S) groups is 1. The average Bonchev–Trinajstić information content (AvgIpc) is 2.28. The number of hydrogen-bond acceptors (Lipinski definition) is 5. The number of anilines is 1. The van der Waals surface area contributed by atoms with Gasteiger partial charge in [-0.2, -0.15) is 0 Å². The van der Waals surface area contributed by atoms with E-state index < -0.39 is 12.1 Å². The molecule has 0 aliphatic carbocycles. The topological polar surface area (TPSA) is 60.5 Å². The normalized spacial score (nSPS) is 18.1. The molecule has 2 heterocycles. The number of nitrogens with one attached hydrogen (secondary N) is 1. The maximum atomic E-state index is 11.5. The van der Waals surface area contributed by atoms with Crippen LogP contribution < -0.4 is 10.1 Å². The third-order valence-electron chi connectivity index (χ3n) is 2.00. The minimum atomic E-state index is -0.883. The van der Waals surface area contributed by atoms with E-state index in [4.69, 9.17) is 21.7 Å². The number of pyridine rings is 1. The smallest absolute Gasteiger partial charge is 0.354 e. The van der Waals surface area contributed by atoms with E-state index in [-0.39, 0.29) is 4.99 Å². The molecule has 0 aromatic carbocycles. The molecule has 16 heavy (non-hydrogen) atoms. The SMILES string of the molecule is CCOC(=O)C1Oc2cccnc2NC1=S. The maximum absolute atomic E-state index is 11.5. The first-order chi connectivity index (χ1) is 7.72. The first kappa shape index (κ1) is 10.8. The summed E-state index contributed by atoms with van der Waals surface area (Å²) in [5, 5.41) is 2.84. The second-order valence-corrected chi connectivity index (χ2v) is 3.53. The fourth-order valence-corrected chi connectivity index (χ4v) is 1.56. The van der Waals surface area contributed by atoms with Gasteiger partial charge in [0.05, 0.1) is 6.61 Å². The molecule has 0 amide bonds. The van der Waals surface area contributed by atoms with Crippen molar-refractivity contribution in [1.29, 1.82) is 0 Å². The Morgan fingerprint density at radius 3 is 3.31 bits per heavy atom. The lowest BCUT2D eigenvalue weighted by molar-refractivity contribution is -0.148. The number of fused-ring (bicyclic) bond motifs is 1. The summed E-state index contributed by atoms with van der Waals surface area (Å²) in [6, 6.07) is 3.43. The van der Waals surface area contributed by atoms with Gasteiger partial charge in [-0.05, 0) is 19.1 Å². The molecule has 2 rings (SSSR count). The Morgan fingerprint density at radius 2 is 2.56 bits per heavy atom. The van der Waals surface area contributed by atoms with Crippen molar-refractivity contribution < 1.29 is 14.3 Å². The van der Waals surface area contributed by atoms with Crippen LogP contribution in [0.4, 0.5) is 5.82 Å². The number of carbonyl (C=O) groups is 1. The summed E-state index contributed by atoms with van der Waals surface area (Å²) in [5.74, 6) is 0.525. The summed E-state index contributed by atoms with van der Waals surface area (Å²) in [7, 11) is 0. The minimum Gasteiger partial charge on any atom is -0.468 e. The van der Waals surface area contributed by atoms with Gasteiger partial charge in [-0.25, -0.2) is 9.78 Å². The van der Waals surface area contributed by atoms with Crippen molar-refractivity contribution >= 4 is 29.0 Å². The molecule has 1 aliphatic heterocycles. The van der Waals surface area contributed by atoms with Crippen LogP contribution in [-0.2, 0) is 9.53 Å². The van der Waals surface area contributed by atoms with Crippen LogP contribution in [0.1, 0.15) is 6.92 Å². The monoisotopic (exact) mass is 238 g/mol. The van der Waals surface area contributed by atoms with Gasteiger partial charge in [-0.3, -0.25) is 0 Å². The molecule has 1 aromatic heterocycles. The van der Waals surface area contributed by atoms with Gasteiger partial charge in [0.25, 0.3) is 0 Å². The van der Waals surface area contributed by atoms with Gasteiger partial charge in [0, 0.05) is 6.20 Å². The highest BCUT2D eigenvalue weighted by Gasteiger charge is 2.32. The predicted molar refractivity (Wildman–Crippen MR) is 61.5 cm³/mol. The number of aromatic nitrogens is 1. The zero-order valence-electron chi connectivity index (χ0n) is 8.60. The van der Waals surface area contributed by atoms with E-state index >= 15 is 0 Å². The first-order valence-corrected chi connectivity index (χ1v) is 5.22. The molecule has 1 N–H and O–H groups in total. The largest absolute Gasteiger partial charge is 0.468 e. The molecular weight excluding hydrogens is 228 g/mol. The third kappa shape index (κ3) is 1.96. The van der Waals surface area contributed by atoms with E-state index in [2.05, 4.69) is 10.3 Å². The Labute approximate surface area is 97.8 Å². The zero-order valence-corrected chi connectivity index (χ0v) is 9.41. The van der Waals surface area contributed by atoms with Crippen molar-refractivity contribution in [3.63, 3.8) is 0 Å². The van der Waals surface area contributed by atoms with Gasteiger partial charge in [0.1, 0.15) is 4.99 Å². The van der Waals surface area contributed by atoms with Crippen LogP contribution in [-0.4, -0.2) is 28.7 Å². The molecule has 5 nitrogen and oxygen atoms in total. The molecule has 1 aliphatic rings. The molecule has 0 fully saturated rings. The van der Waals surface area contributed by atoms with Crippen molar-refractivity contribution in [3.05, 3.63) is 18.3 Å². The Morgan fingerprint density at radius 1 is 1.75 bits per heavy atom. The fraction of sp³-hybridized carbons (Fsp3) is 0.300. The van der Waals surface area contributed by atoms with E-state index in [1.54, 1.807) is 25.3 Å². The molecule has 0 radical (unpaired) electrons. The van der Waals surface area contributed by atoms with Crippen molar-refractivity contribution in [3.8, 4) is 5.75 Å². The highest BCUT2D eigenvalue weighted by molar-refractivity contribution is 7.80. The van der Waals surface area contributed by atoms with Crippen LogP contribution in [0.15, 0.2) is 18.3 Å². The Hall–Kier alpha value is -1.69. The standard InChI is InChI=1S/C10H10N2O3S/c1-2-14-10(13)7-9(16)12-8-6(15-7)4-3-5-11-8/h3-5,7H,2H2,1H3,(H,11,12,16). The zero-order chi connectivity index (χ0) is 11.5. The molecule has 0 bridgehead atoms. The molecule has 6 heteroatoms. The Balaban J connectivity index is 2.21. The minimum absolute atomic E-state index is 0.268. The van der Waals surface area contributed by atoms with Gasteiger partial charge >= 0.3 is 5.97 Å². The number of rotatable bonds is 2. The molecular formula is C10H10N2O3S. The van der Waals surface area contributed by atoms with Gasteiger partial charge in [-0.15, -0.1) is 0 Å². The van der Waals surface area contributed by atoms with Crippen LogP contribution >= 0.6 is 12.2 Å². The lowest BCUT2D eigenvalue weighted by atomic mass is 10.3. The van der Waals surface area contributed by atoms with E-state index in [0.29, 0.717) is 18.2 Å². The lowest BCUT2D eigenvalue weighted by Crippen LogP contribution is -2.43. The van der Waals surface area contributed by atoms with Crippen molar-refractivity contribution in [2.45, 2.75) is 13.0 Å². The molecule has 84 valence electrons. The molecule has 0 spiro atoms. The summed E-state index contributed by atoms with van der Waals surface area (Å²) < 4.78 is 10.3. The fourth-order valence-electron chi connectivity index (χ4n) is 1.32. The van der Waals surface area contributed by atoms with Crippen LogP contribution in [0.2, 0.25) is 0 Å². The van der Waals surface area contributed by atoms with Crippen molar-refractivity contribution in [2.24, 2.45) is 0 Å². The van der Waals surface area contributed by atoms with Crippen LogP contribution in [0.3, 0.4) is 0 Å². The van der Waals surface area contributed by atoms with E-state index in [0.717, 1.165) is 0 Å². The van der Waals surface area contributed by atoms with Crippen LogP contribution in [0.25, 0.3) is 0 Å². The second-order valence-electron chi connectivity index (χ2n) is 3.09. The molecule has 1 atom stereocenters. The van der Waals surface area contributed by atoms with Crippen LogP contribution in [0, 0.1) is 0 Å². The highest BCUT2D eigenvalue weighted by Crippen LogP contribution is 2.27. The summed E-state index contributed by atoms with van der Waals surface area (Å²) in [4.78, 5) is 15.8. The van der Waals surface area contributed by atoms with Gasteiger partial charge in [-0.1, -0.05) is 12.2 Å². The molecule has 1 unspecified atom stereocenters. The lowest BCUT2D eigenvalue weighted by Gasteiger charge is -2.25. The number of carbonyl (C=O) groups excluding carboxylic acids is 1. The van der Waals surface area contributed by atoms with Gasteiger partial charge < -0.3 is 14.8 Å². The quantitative estimate of drug-likeness (QED) is 0.616. The van der Waals surface area contributed by atoms with E-state index in [9.17, 15) is 4.79 Å². The second kappa shape index (κ2) is 4.44. The van der Waals surface area contributed by atoms with E-state index in [1.807, 2.05) is 0 Å². The molecule has 1 aromatic rings. The van der Waals surface area contributed by atoms with Crippen LogP contribution in [0.5, 0.6) is 5.75 Å². The number of nitrogens with zero attached hydrogens (tertiary/aromatic N) is 1. The number of hydrogen-bond donors (Lipinski definition) is 1. The Bertz CT molecular complexity index is 436. The average molecular weight is 238 g/mol. The first-order valence-electron chi connectivity index (χ1n) is 4.81. The van der Waals surface area contributed by atoms with E-state index in [1.165, 1.54) is 0 Å². The van der Waals surface area contributed by atoms with Gasteiger partial charge in [0.2, 0.25) is 6.10 Å². The third-order valence-corrected chi connectivity index (χ3v) is 2.31. The molecule has 0 saturated carbocycles. The Kier molecular flexibility index (Phi) is 3.00. The number of ether oxygens (including phenoxy) is 2. The highest BCUT2D eigenvalue weighted by atomic mass is 32.1. The molecule has 0 saturated heterocycles. The number of esters is 1. The maximum Gasteiger partial charge on any atom is 0.354 e. The summed E-state index contributed by atoms with van der Waals surface area (Å²) >= 11 is 5.02. The van der Waals surface area contributed by atoms with Crippen molar-refractivity contribution in [1.82, 2.24) is 4.98 Å². The van der Waals surface area contributed by atoms with Crippen molar-refractivity contribution in [2.75, 3.05) is 11.9 Å². The predicted octanol–water partition coefficient (Wildman–Crippen LogP) is 1.14. The van der Waals surface area contributed by atoms with Gasteiger partial charge in [0.15, 0.2) is 11.6 Å². The summed E-state index contributed by atoms with van der Waals surface area (Å²) in [6.45, 7) is 2.02.